The molecule has 2 saturated heterocycles. The molecule has 6 amide bonds. The van der Waals surface area contributed by atoms with Crippen molar-refractivity contribution >= 4 is 47.1 Å². The van der Waals surface area contributed by atoms with Crippen molar-refractivity contribution in [1.29, 1.82) is 0 Å². The first-order chi connectivity index (χ1) is 16.2. The van der Waals surface area contributed by atoms with Crippen LogP contribution in [-0.4, -0.2) is 57.4 Å². The predicted octanol–water partition coefficient (Wildman–Crippen LogP) is 0.164. The molecule has 0 radical (unpaired) electrons. The second-order valence-corrected chi connectivity index (χ2v) is 8.18. The molecule has 0 bridgehead atoms. The lowest BCUT2D eigenvalue weighted by Gasteiger charge is -2.29. The average Bonchev–Trinajstić information content (AvgIpc) is 3.28. The van der Waals surface area contributed by atoms with Crippen molar-refractivity contribution in [2.75, 3.05) is 5.32 Å². The number of imide groups is 2. The second-order valence-electron chi connectivity index (χ2n) is 8.18. The van der Waals surface area contributed by atoms with E-state index in [1.54, 1.807) is 18.2 Å². The number of benzene rings is 1. The van der Waals surface area contributed by atoms with Gasteiger partial charge >= 0.3 is 5.97 Å². The highest BCUT2D eigenvalue weighted by Crippen LogP contribution is 2.32. The topological polar surface area (TPSA) is 159 Å². The number of carbonyl (C=O) groups is 7. The van der Waals surface area contributed by atoms with Gasteiger partial charge in [0.2, 0.25) is 17.7 Å². The van der Waals surface area contributed by atoms with E-state index in [9.17, 15) is 33.6 Å². The smallest absolute Gasteiger partial charge is 0.330 e. The first-order valence-electron chi connectivity index (χ1n) is 10.9. The maximum absolute atomic E-state index is 12.8. The van der Waals surface area contributed by atoms with Crippen LogP contribution in [0, 0.1) is 0 Å². The quantitative estimate of drug-likeness (QED) is 0.533. The monoisotopic (exact) mass is 470 g/mol. The molecule has 3 aliphatic heterocycles. The minimum absolute atomic E-state index is 0.000604. The normalized spacial score (nSPS) is 19.9. The Morgan fingerprint density at radius 2 is 1.76 bits per heavy atom. The minimum atomic E-state index is -0.789. The third-order valence-corrected chi connectivity index (χ3v) is 5.84. The number of nitrogens with zero attached hydrogens (tertiary/aromatic N) is 2. The lowest BCUT2D eigenvalue weighted by atomic mass is 10.0. The van der Waals surface area contributed by atoms with Crippen LogP contribution in [0.2, 0.25) is 0 Å². The number of hydroxylamine groups is 2. The molecular formula is C22H22N4O8. The van der Waals surface area contributed by atoms with Gasteiger partial charge in [-0.05, 0) is 25.0 Å². The number of piperidine rings is 1. The maximum atomic E-state index is 12.8. The number of nitrogens with one attached hydrogen (secondary N) is 2. The number of hydrogen-bond acceptors (Lipinski definition) is 8. The average molecular weight is 470 g/mol. The summed E-state index contributed by atoms with van der Waals surface area (Å²) in [5, 5.41) is 5.42. The first-order valence-corrected chi connectivity index (χ1v) is 10.9. The van der Waals surface area contributed by atoms with Gasteiger partial charge in [-0.1, -0.05) is 6.07 Å². The minimum Gasteiger partial charge on any atom is -0.330 e. The van der Waals surface area contributed by atoms with E-state index in [0.29, 0.717) is 21.9 Å². The molecule has 0 aliphatic carbocycles. The number of hydrogen-bond donors (Lipinski definition) is 2. The fourth-order valence-electron chi connectivity index (χ4n) is 4.11. The third kappa shape index (κ3) is 4.65. The van der Waals surface area contributed by atoms with Crippen LogP contribution in [0.5, 0.6) is 0 Å². The number of carbonyl (C=O) groups excluding carboxylic acids is 7. The van der Waals surface area contributed by atoms with Gasteiger partial charge in [0.1, 0.15) is 6.04 Å². The molecule has 1 aromatic carbocycles. The Morgan fingerprint density at radius 3 is 2.47 bits per heavy atom. The first kappa shape index (κ1) is 23.1. The summed E-state index contributed by atoms with van der Waals surface area (Å²) in [6, 6.07) is 4.09. The van der Waals surface area contributed by atoms with Crippen LogP contribution in [-0.2, 0) is 40.1 Å². The molecule has 2 fully saturated rings. The lowest BCUT2D eigenvalue weighted by molar-refractivity contribution is -0.197. The van der Waals surface area contributed by atoms with Crippen molar-refractivity contribution in [3.05, 3.63) is 29.3 Å². The number of rotatable bonds is 7. The Hall–Kier alpha value is -4.09. The van der Waals surface area contributed by atoms with Crippen LogP contribution in [0.1, 0.15) is 60.9 Å². The van der Waals surface area contributed by atoms with Crippen LogP contribution < -0.4 is 10.6 Å². The van der Waals surface area contributed by atoms with E-state index in [2.05, 4.69) is 10.6 Å². The highest BCUT2D eigenvalue weighted by molar-refractivity contribution is 6.07. The molecular weight excluding hydrogens is 448 g/mol. The third-order valence-electron chi connectivity index (χ3n) is 5.84. The summed E-state index contributed by atoms with van der Waals surface area (Å²) in [5.41, 5.74) is 1.35. The summed E-state index contributed by atoms with van der Waals surface area (Å²) in [7, 11) is 0. The van der Waals surface area contributed by atoms with Gasteiger partial charge in [0.25, 0.3) is 17.7 Å². The van der Waals surface area contributed by atoms with Gasteiger partial charge in [-0.25, -0.2) is 4.79 Å². The summed E-state index contributed by atoms with van der Waals surface area (Å²) in [4.78, 5) is 89.8. The zero-order valence-corrected chi connectivity index (χ0v) is 18.1. The van der Waals surface area contributed by atoms with E-state index in [1.165, 1.54) is 4.90 Å². The van der Waals surface area contributed by atoms with Gasteiger partial charge in [0.05, 0.1) is 0 Å². The number of amides is 6. The fourth-order valence-corrected chi connectivity index (χ4v) is 4.11. The fraction of sp³-hybridized carbons (Fsp3) is 0.409. The molecule has 1 unspecified atom stereocenters. The van der Waals surface area contributed by atoms with Crippen molar-refractivity contribution in [1.82, 2.24) is 15.3 Å². The SMILES string of the molecule is O=C1CCC(N2Cc3c(NC(=O)CCCC(=O)ON4C(=O)CCC4=O)cccc3C2=O)C(=O)N1. The summed E-state index contributed by atoms with van der Waals surface area (Å²) < 4.78 is 0. The zero-order valence-electron chi connectivity index (χ0n) is 18.1. The van der Waals surface area contributed by atoms with Crippen LogP contribution in [0.3, 0.4) is 0 Å². The van der Waals surface area contributed by atoms with Gasteiger partial charge in [-0.2, -0.15) is 0 Å². The maximum Gasteiger partial charge on any atom is 0.333 e. The summed E-state index contributed by atoms with van der Waals surface area (Å²) in [6.07, 6.45) is 0.292. The Balaban J connectivity index is 1.31. The van der Waals surface area contributed by atoms with E-state index in [-0.39, 0.29) is 63.3 Å². The summed E-state index contributed by atoms with van der Waals surface area (Å²) >= 11 is 0. The van der Waals surface area contributed by atoms with Gasteiger partial charge in [-0.3, -0.25) is 34.1 Å². The molecule has 12 heteroatoms. The molecule has 0 spiro atoms. The Bertz CT molecular complexity index is 1100. The number of anilines is 1. The molecule has 34 heavy (non-hydrogen) atoms. The van der Waals surface area contributed by atoms with E-state index >= 15 is 0 Å². The van der Waals surface area contributed by atoms with Crippen LogP contribution >= 0.6 is 0 Å². The molecule has 3 heterocycles. The number of fused-ring (bicyclic) bond motifs is 1. The van der Waals surface area contributed by atoms with E-state index < -0.39 is 35.6 Å². The van der Waals surface area contributed by atoms with Gasteiger partial charge in [0, 0.05) is 55.5 Å². The zero-order chi connectivity index (χ0) is 24.4. The molecule has 0 saturated carbocycles. The predicted molar refractivity (Wildman–Crippen MR) is 112 cm³/mol. The van der Waals surface area contributed by atoms with Gasteiger partial charge in [0.15, 0.2) is 0 Å². The summed E-state index contributed by atoms with van der Waals surface area (Å²) in [5.74, 6) is -3.59. The van der Waals surface area contributed by atoms with Crippen molar-refractivity contribution in [3.8, 4) is 0 Å². The van der Waals surface area contributed by atoms with E-state index in [4.69, 9.17) is 4.84 Å². The van der Waals surface area contributed by atoms with Crippen LogP contribution in [0.4, 0.5) is 5.69 Å². The Morgan fingerprint density at radius 1 is 1.03 bits per heavy atom. The van der Waals surface area contributed by atoms with E-state index in [1.807, 2.05) is 0 Å². The van der Waals surface area contributed by atoms with Crippen molar-refractivity contribution in [3.63, 3.8) is 0 Å². The van der Waals surface area contributed by atoms with Crippen LogP contribution in [0.25, 0.3) is 0 Å². The molecule has 1 atom stereocenters. The van der Waals surface area contributed by atoms with E-state index in [0.717, 1.165) is 0 Å². The molecule has 3 aliphatic rings. The molecule has 12 nitrogen and oxygen atoms in total. The van der Waals surface area contributed by atoms with Crippen molar-refractivity contribution in [2.45, 2.75) is 57.5 Å². The summed E-state index contributed by atoms with van der Waals surface area (Å²) in [6.45, 7) is 0.112. The lowest BCUT2D eigenvalue weighted by Crippen LogP contribution is -2.52. The highest BCUT2D eigenvalue weighted by Gasteiger charge is 2.40. The van der Waals surface area contributed by atoms with Gasteiger partial charge in [-0.15, -0.1) is 5.06 Å². The van der Waals surface area contributed by atoms with Crippen LogP contribution in [0.15, 0.2) is 18.2 Å². The molecule has 178 valence electrons. The second kappa shape index (κ2) is 9.41. The molecule has 1 aromatic rings. The largest absolute Gasteiger partial charge is 0.333 e. The van der Waals surface area contributed by atoms with Crippen molar-refractivity contribution < 1.29 is 38.4 Å². The molecule has 2 N–H and O–H groups in total. The Kier molecular flexibility index (Phi) is 6.39. The standard InChI is InChI=1S/C22H22N4O8/c27-16(5-2-6-20(31)34-26-18(29)9-10-19(26)30)23-14-4-1-3-12-13(14)11-25(22(12)33)15-7-8-17(28)24-21(15)32/h1,3-4,15H,2,5-11H2,(H,23,27)(H,24,28,32). The van der Waals surface area contributed by atoms with Gasteiger partial charge < -0.3 is 15.1 Å². The Labute approximate surface area is 193 Å². The van der Waals surface area contributed by atoms with Crippen molar-refractivity contribution in [2.24, 2.45) is 0 Å². The molecule has 4 rings (SSSR count). The highest BCUT2D eigenvalue weighted by atomic mass is 16.7. The molecule has 0 aromatic heterocycles.